The van der Waals surface area contributed by atoms with Crippen molar-refractivity contribution in [3.63, 3.8) is 0 Å². The van der Waals surface area contributed by atoms with Gasteiger partial charge in [0.15, 0.2) is 0 Å². The number of rotatable bonds is 6. The smallest absolute Gasteiger partial charge is 0.225 e. The van der Waals surface area contributed by atoms with Gasteiger partial charge in [-0.05, 0) is 62.8 Å². The lowest BCUT2D eigenvalue weighted by Crippen LogP contribution is -2.36. The lowest BCUT2D eigenvalue weighted by Gasteiger charge is -2.31. The molecule has 1 aliphatic carbocycles. The number of carbonyl (C=O) groups excluding carboxylic acids is 1. The number of amides is 1. The summed E-state index contributed by atoms with van der Waals surface area (Å²) in [5.41, 5.74) is 1.10. The third-order valence-electron chi connectivity index (χ3n) is 5.12. The fourth-order valence-electron chi connectivity index (χ4n) is 3.68. The fraction of sp³-hybridized carbons (Fsp3) is 0.500. The van der Waals surface area contributed by atoms with Crippen LogP contribution >= 0.6 is 0 Å². The molecule has 0 spiro atoms. The molecule has 0 radical (unpaired) electrons. The molecule has 3 rings (SSSR count). The first-order chi connectivity index (χ1) is 11.7. The quantitative estimate of drug-likeness (QED) is 0.812. The van der Waals surface area contributed by atoms with Gasteiger partial charge in [-0.2, -0.15) is 0 Å². The van der Waals surface area contributed by atoms with E-state index < -0.39 is 0 Å². The number of hydrogen-bond donors (Lipinski definition) is 0. The predicted molar refractivity (Wildman–Crippen MR) is 95.6 cm³/mol. The predicted octanol–water partition coefficient (Wildman–Crippen LogP) is 3.71. The topological polar surface area (TPSA) is 38.1 Å². The summed E-state index contributed by atoms with van der Waals surface area (Å²) in [6.45, 7) is 0.812. The highest BCUT2D eigenvalue weighted by Crippen LogP contribution is 2.33. The maximum atomic E-state index is 12.6. The van der Waals surface area contributed by atoms with Gasteiger partial charge in [-0.25, -0.2) is 0 Å². The highest BCUT2D eigenvalue weighted by atomic mass is 16.2. The molecule has 4 nitrogen and oxygen atoms in total. The number of pyridine rings is 1. The molecule has 0 saturated heterocycles. The van der Waals surface area contributed by atoms with Crippen LogP contribution < -0.4 is 0 Å². The van der Waals surface area contributed by atoms with E-state index in [-0.39, 0.29) is 5.92 Å². The molecule has 0 N–H and O–H groups in total. The van der Waals surface area contributed by atoms with E-state index in [4.69, 9.17) is 0 Å². The third-order valence-corrected chi connectivity index (χ3v) is 5.12. The average molecular weight is 325 g/mol. The van der Waals surface area contributed by atoms with Crippen LogP contribution in [-0.2, 0) is 11.2 Å². The van der Waals surface area contributed by atoms with Crippen molar-refractivity contribution in [2.24, 2.45) is 5.92 Å². The minimum atomic E-state index is 0.205. The number of nitrogens with zero attached hydrogens (tertiary/aromatic N) is 3. The Labute approximate surface area is 144 Å². The molecule has 4 heteroatoms. The van der Waals surface area contributed by atoms with Gasteiger partial charge in [-0.1, -0.05) is 6.07 Å². The SMILES string of the molecule is CN(CCCc1ccccn1)C(=O)C1CCC(n2cccc2)CC1. The van der Waals surface area contributed by atoms with Crippen LogP contribution in [0, 0.1) is 5.92 Å². The van der Waals surface area contributed by atoms with Crippen molar-refractivity contribution in [2.75, 3.05) is 13.6 Å². The van der Waals surface area contributed by atoms with E-state index in [1.54, 1.807) is 0 Å². The molecule has 0 aromatic carbocycles. The summed E-state index contributed by atoms with van der Waals surface area (Å²) in [5.74, 6) is 0.527. The van der Waals surface area contributed by atoms with E-state index >= 15 is 0 Å². The maximum Gasteiger partial charge on any atom is 0.225 e. The number of aryl methyl sites for hydroxylation is 1. The van der Waals surface area contributed by atoms with Gasteiger partial charge >= 0.3 is 0 Å². The summed E-state index contributed by atoms with van der Waals surface area (Å²) in [6, 6.07) is 10.7. The fourth-order valence-corrected chi connectivity index (χ4v) is 3.68. The van der Waals surface area contributed by atoms with Crippen molar-refractivity contribution in [2.45, 2.75) is 44.6 Å². The van der Waals surface area contributed by atoms with Gasteiger partial charge in [-0.3, -0.25) is 9.78 Å². The van der Waals surface area contributed by atoms with Gasteiger partial charge in [0.25, 0.3) is 0 Å². The summed E-state index contributed by atoms with van der Waals surface area (Å²) in [7, 11) is 1.94. The molecule has 0 aliphatic heterocycles. The van der Waals surface area contributed by atoms with E-state index in [9.17, 15) is 4.79 Å². The summed E-state index contributed by atoms with van der Waals surface area (Å²) in [6.07, 6.45) is 12.2. The van der Waals surface area contributed by atoms with Gasteiger partial charge in [0.2, 0.25) is 5.91 Å². The molecule has 2 aromatic heterocycles. The molecule has 0 atom stereocenters. The Bertz CT molecular complexity index is 616. The normalized spacial score (nSPS) is 20.7. The van der Waals surface area contributed by atoms with Crippen molar-refractivity contribution in [3.8, 4) is 0 Å². The van der Waals surface area contributed by atoms with Crippen LogP contribution in [0.25, 0.3) is 0 Å². The second-order valence-electron chi connectivity index (χ2n) is 6.82. The third kappa shape index (κ3) is 4.25. The van der Waals surface area contributed by atoms with Crippen LogP contribution in [0.5, 0.6) is 0 Å². The van der Waals surface area contributed by atoms with Gasteiger partial charge in [0.05, 0.1) is 0 Å². The monoisotopic (exact) mass is 325 g/mol. The lowest BCUT2D eigenvalue weighted by atomic mass is 9.85. The Morgan fingerprint density at radius 1 is 1.17 bits per heavy atom. The minimum absolute atomic E-state index is 0.205. The number of aromatic nitrogens is 2. The first-order valence-electron chi connectivity index (χ1n) is 9.01. The molecule has 1 fully saturated rings. The Morgan fingerprint density at radius 2 is 1.92 bits per heavy atom. The zero-order valence-corrected chi connectivity index (χ0v) is 14.5. The van der Waals surface area contributed by atoms with Gasteiger partial charge in [0, 0.05) is 49.8 Å². The molecule has 1 saturated carbocycles. The lowest BCUT2D eigenvalue weighted by molar-refractivity contribution is -0.135. The van der Waals surface area contributed by atoms with Crippen LogP contribution in [0.2, 0.25) is 0 Å². The molecule has 24 heavy (non-hydrogen) atoms. The molecular formula is C20H27N3O. The highest BCUT2D eigenvalue weighted by Gasteiger charge is 2.28. The number of hydrogen-bond acceptors (Lipinski definition) is 2. The largest absolute Gasteiger partial charge is 0.351 e. The van der Waals surface area contributed by atoms with Gasteiger partial charge in [-0.15, -0.1) is 0 Å². The molecule has 2 heterocycles. The Hall–Kier alpha value is -2.10. The first kappa shape index (κ1) is 16.7. The van der Waals surface area contributed by atoms with E-state index in [0.29, 0.717) is 11.9 Å². The van der Waals surface area contributed by atoms with Crippen molar-refractivity contribution in [1.29, 1.82) is 0 Å². The summed E-state index contributed by atoms with van der Waals surface area (Å²) in [4.78, 5) is 18.9. The van der Waals surface area contributed by atoms with Gasteiger partial charge in [0.1, 0.15) is 0 Å². The van der Waals surface area contributed by atoms with Crippen LogP contribution in [0.15, 0.2) is 48.9 Å². The van der Waals surface area contributed by atoms with Crippen molar-refractivity contribution in [1.82, 2.24) is 14.5 Å². The van der Waals surface area contributed by atoms with E-state index in [1.165, 1.54) is 0 Å². The van der Waals surface area contributed by atoms with E-state index in [0.717, 1.165) is 50.8 Å². The second kappa shape index (κ2) is 8.13. The molecule has 2 aromatic rings. The van der Waals surface area contributed by atoms with Crippen LogP contribution in [-0.4, -0.2) is 34.0 Å². The van der Waals surface area contributed by atoms with Crippen molar-refractivity contribution < 1.29 is 4.79 Å². The van der Waals surface area contributed by atoms with Gasteiger partial charge < -0.3 is 9.47 Å². The zero-order chi connectivity index (χ0) is 16.8. The standard InChI is InChI=1S/C20H27N3O/c1-22(14-6-8-18-7-2-3-13-21-18)20(24)17-9-11-19(12-10-17)23-15-4-5-16-23/h2-5,7,13,15-17,19H,6,8-12,14H2,1H3. The average Bonchev–Trinajstić information content (AvgIpc) is 3.17. The van der Waals surface area contributed by atoms with Crippen LogP contribution in [0.4, 0.5) is 0 Å². The Morgan fingerprint density at radius 3 is 2.58 bits per heavy atom. The molecule has 0 bridgehead atoms. The first-order valence-corrected chi connectivity index (χ1v) is 9.01. The van der Waals surface area contributed by atoms with E-state index in [1.807, 2.05) is 36.3 Å². The Balaban J connectivity index is 1.41. The summed E-state index contributed by atoms with van der Waals surface area (Å²) >= 11 is 0. The summed E-state index contributed by atoms with van der Waals surface area (Å²) < 4.78 is 2.29. The highest BCUT2D eigenvalue weighted by molar-refractivity contribution is 5.78. The molecule has 1 aliphatic rings. The summed E-state index contributed by atoms with van der Waals surface area (Å²) in [5, 5.41) is 0. The molecule has 1 amide bonds. The molecule has 128 valence electrons. The van der Waals surface area contributed by atoms with Crippen molar-refractivity contribution >= 4 is 5.91 Å². The van der Waals surface area contributed by atoms with Crippen molar-refractivity contribution in [3.05, 3.63) is 54.6 Å². The Kier molecular flexibility index (Phi) is 5.68. The van der Waals surface area contributed by atoms with E-state index in [2.05, 4.69) is 34.1 Å². The second-order valence-corrected chi connectivity index (χ2v) is 6.82. The zero-order valence-electron chi connectivity index (χ0n) is 14.5. The number of carbonyl (C=O) groups is 1. The van der Waals surface area contributed by atoms with Crippen LogP contribution in [0.1, 0.15) is 43.8 Å². The minimum Gasteiger partial charge on any atom is -0.351 e. The van der Waals surface area contributed by atoms with Crippen LogP contribution in [0.3, 0.4) is 0 Å². The molecular weight excluding hydrogens is 298 g/mol. The molecule has 0 unspecified atom stereocenters. The maximum absolute atomic E-state index is 12.6.